The van der Waals surface area contributed by atoms with Gasteiger partial charge in [0, 0.05) is 22.6 Å². The molecule has 0 bridgehead atoms. The zero-order chi connectivity index (χ0) is 14.5. The van der Waals surface area contributed by atoms with Crippen LogP contribution in [0.25, 0.3) is 0 Å². The Labute approximate surface area is 121 Å². The van der Waals surface area contributed by atoms with Crippen LogP contribution in [0.2, 0.25) is 0 Å². The van der Waals surface area contributed by atoms with Gasteiger partial charge in [-0.2, -0.15) is 0 Å². The Hall–Kier alpha value is -1.23. The van der Waals surface area contributed by atoms with E-state index in [0.29, 0.717) is 0 Å². The summed E-state index contributed by atoms with van der Waals surface area (Å²) in [6.07, 6.45) is 4.34. The monoisotopic (exact) mass is 297 g/mol. The van der Waals surface area contributed by atoms with Gasteiger partial charge in [-0.15, -0.1) is 0 Å². The van der Waals surface area contributed by atoms with E-state index in [9.17, 15) is 13.4 Å². The van der Waals surface area contributed by atoms with Gasteiger partial charge in [-0.05, 0) is 37.5 Å². The van der Waals surface area contributed by atoms with Crippen LogP contribution < -0.4 is 5.32 Å². The Balaban J connectivity index is 1.87. The summed E-state index contributed by atoms with van der Waals surface area (Å²) in [6, 6.07) is 6.14. The van der Waals surface area contributed by atoms with Crippen LogP contribution in [0.5, 0.6) is 0 Å². The average molecular weight is 297 g/mol. The van der Waals surface area contributed by atoms with Gasteiger partial charge in [0.2, 0.25) is 5.91 Å². The SMILES string of the molecule is C[C@H](C(=O)NC1CCCC1)[S@](=O)Cc1ccc(F)cc1. The first kappa shape index (κ1) is 15.2. The van der Waals surface area contributed by atoms with Crippen molar-refractivity contribution >= 4 is 16.7 Å². The number of rotatable bonds is 5. The normalized spacial score (nSPS) is 18.7. The first-order chi connectivity index (χ1) is 9.56. The lowest BCUT2D eigenvalue weighted by Crippen LogP contribution is -2.40. The number of carbonyl (C=O) groups excluding carboxylic acids is 1. The van der Waals surface area contributed by atoms with Crippen molar-refractivity contribution in [2.24, 2.45) is 0 Å². The maximum atomic E-state index is 12.8. The summed E-state index contributed by atoms with van der Waals surface area (Å²) in [6.45, 7) is 1.68. The molecule has 1 amide bonds. The summed E-state index contributed by atoms with van der Waals surface area (Å²) in [4.78, 5) is 12.0. The van der Waals surface area contributed by atoms with Crippen molar-refractivity contribution in [1.29, 1.82) is 0 Å². The lowest BCUT2D eigenvalue weighted by Gasteiger charge is -2.16. The number of amides is 1. The van der Waals surface area contributed by atoms with Gasteiger partial charge in [0.1, 0.15) is 11.1 Å². The summed E-state index contributed by atoms with van der Waals surface area (Å²) >= 11 is 0. The minimum atomic E-state index is -1.29. The van der Waals surface area contributed by atoms with Gasteiger partial charge < -0.3 is 5.32 Å². The zero-order valence-electron chi connectivity index (χ0n) is 11.6. The van der Waals surface area contributed by atoms with Gasteiger partial charge in [-0.3, -0.25) is 9.00 Å². The third-order valence-electron chi connectivity index (χ3n) is 3.69. The van der Waals surface area contributed by atoms with Crippen LogP contribution in [-0.2, 0) is 21.3 Å². The van der Waals surface area contributed by atoms with Crippen molar-refractivity contribution in [3.63, 3.8) is 0 Å². The first-order valence-electron chi connectivity index (χ1n) is 6.98. The van der Waals surface area contributed by atoms with E-state index in [2.05, 4.69) is 5.32 Å². The highest BCUT2D eigenvalue weighted by molar-refractivity contribution is 7.85. The molecule has 1 aliphatic rings. The van der Waals surface area contributed by atoms with Gasteiger partial charge in [-0.25, -0.2) is 4.39 Å². The molecular formula is C15H20FNO2S. The van der Waals surface area contributed by atoms with E-state index < -0.39 is 16.0 Å². The van der Waals surface area contributed by atoms with Crippen LogP contribution in [-0.4, -0.2) is 21.4 Å². The van der Waals surface area contributed by atoms with Gasteiger partial charge in [0.25, 0.3) is 0 Å². The number of hydrogen-bond acceptors (Lipinski definition) is 2. The van der Waals surface area contributed by atoms with Crippen LogP contribution in [0.3, 0.4) is 0 Å². The van der Waals surface area contributed by atoms with Crippen molar-refractivity contribution in [3.05, 3.63) is 35.6 Å². The van der Waals surface area contributed by atoms with E-state index in [1.54, 1.807) is 19.1 Å². The predicted molar refractivity (Wildman–Crippen MR) is 78.1 cm³/mol. The molecule has 2 atom stereocenters. The average Bonchev–Trinajstić information content (AvgIpc) is 2.93. The Morgan fingerprint density at radius 1 is 1.35 bits per heavy atom. The quantitative estimate of drug-likeness (QED) is 0.908. The minimum absolute atomic E-state index is 0.141. The smallest absolute Gasteiger partial charge is 0.235 e. The van der Waals surface area contributed by atoms with Crippen molar-refractivity contribution in [1.82, 2.24) is 5.32 Å². The fourth-order valence-corrected chi connectivity index (χ4v) is 3.46. The molecule has 20 heavy (non-hydrogen) atoms. The zero-order valence-corrected chi connectivity index (χ0v) is 12.4. The fourth-order valence-electron chi connectivity index (χ4n) is 2.38. The number of halogens is 1. The fraction of sp³-hybridized carbons (Fsp3) is 0.533. The van der Waals surface area contributed by atoms with E-state index in [-0.39, 0.29) is 23.5 Å². The van der Waals surface area contributed by atoms with Crippen LogP contribution >= 0.6 is 0 Å². The van der Waals surface area contributed by atoms with Gasteiger partial charge in [-0.1, -0.05) is 25.0 Å². The minimum Gasteiger partial charge on any atom is -0.352 e. The highest BCUT2D eigenvalue weighted by Crippen LogP contribution is 2.18. The first-order valence-corrected chi connectivity index (χ1v) is 8.36. The second-order valence-electron chi connectivity index (χ2n) is 5.28. The highest BCUT2D eigenvalue weighted by atomic mass is 32.2. The summed E-state index contributed by atoms with van der Waals surface area (Å²) in [5, 5.41) is 2.42. The molecule has 3 nitrogen and oxygen atoms in total. The summed E-state index contributed by atoms with van der Waals surface area (Å²) in [5.74, 6) is -0.177. The van der Waals surface area contributed by atoms with Crippen LogP contribution in [0.15, 0.2) is 24.3 Å². The summed E-state index contributed by atoms with van der Waals surface area (Å²) in [5.41, 5.74) is 0.783. The van der Waals surface area contributed by atoms with Crippen LogP contribution in [0, 0.1) is 5.82 Å². The predicted octanol–water partition coefficient (Wildman–Crippen LogP) is 2.52. The second-order valence-corrected chi connectivity index (χ2v) is 7.04. The molecular weight excluding hydrogens is 277 g/mol. The van der Waals surface area contributed by atoms with E-state index in [0.717, 1.165) is 31.2 Å². The van der Waals surface area contributed by atoms with E-state index in [4.69, 9.17) is 0 Å². The lowest BCUT2D eigenvalue weighted by molar-refractivity contribution is -0.121. The van der Waals surface area contributed by atoms with Gasteiger partial charge in [0.15, 0.2) is 0 Å². The lowest BCUT2D eigenvalue weighted by atomic mass is 10.2. The number of hydrogen-bond donors (Lipinski definition) is 1. The Bertz CT molecular complexity index is 483. The molecule has 0 spiro atoms. The largest absolute Gasteiger partial charge is 0.352 e. The van der Waals surface area contributed by atoms with E-state index in [1.165, 1.54) is 12.1 Å². The molecule has 1 fully saturated rings. The number of nitrogens with one attached hydrogen (secondary N) is 1. The van der Waals surface area contributed by atoms with Crippen LogP contribution in [0.1, 0.15) is 38.2 Å². The van der Waals surface area contributed by atoms with Crippen molar-refractivity contribution in [2.45, 2.75) is 49.7 Å². The molecule has 0 unspecified atom stereocenters. The molecule has 1 N–H and O–H groups in total. The maximum Gasteiger partial charge on any atom is 0.235 e. The number of benzene rings is 1. The molecule has 0 aromatic heterocycles. The Morgan fingerprint density at radius 2 is 1.95 bits per heavy atom. The molecule has 2 rings (SSSR count). The summed E-state index contributed by atoms with van der Waals surface area (Å²) in [7, 11) is -1.29. The second kappa shape index (κ2) is 6.97. The van der Waals surface area contributed by atoms with Gasteiger partial charge in [0.05, 0.1) is 0 Å². The molecule has 0 saturated heterocycles. The molecule has 1 aromatic carbocycles. The molecule has 1 aliphatic carbocycles. The Kier molecular flexibility index (Phi) is 5.29. The van der Waals surface area contributed by atoms with Crippen molar-refractivity contribution < 1.29 is 13.4 Å². The Morgan fingerprint density at radius 3 is 2.55 bits per heavy atom. The standard InChI is InChI=1S/C15H20FNO2S/c1-11(15(18)17-14-4-2-3-5-14)20(19)10-12-6-8-13(16)9-7-12/h6-9,11,14H,2-5,10H2,1H3,(H,17,18)/t11-,20-/m1/s1. The molecule has 110 valence electrons. The number of carbonyl (C=O) groups is 1. The highest BCUT2D eigenvalue weighted by Gasteiger charge is 2.24. The molecule has 1 saturated carbocycles. The third kappa shape index (κ3) is 4.13. The molecule has 0 heterocycles. The topological polar surface area (TPSA) is 46.2 Å². The molecule has 5 heteroatoms. The third-order valence-corrected chi connectivity index (χ3v) is 5.31. The van der Waals surface area contributed by atoms with Crippen molar-refractivity contribution in [3.8, 4) is 0 Å². The van der Waals surface area contributed by atoms with Crippen LogP contribution in [0.4, 0.5) is 4.39 Å². The summed E-state index contributed by atoms with van der Waals surface area (Å²) < 4.78 is 25.0. The molecule has 0 radical (unpaired) electrons. The van der Waals surface area contributed by atoms with E-state index >= 15 is 0 Å². The maximum absolute atomic E-state index is 12.8. The van der Waals surface area contributed by atoms with E-state index in [1.807, 2.05) is 0 Å². The molecule has 1 aromatic rings. The van der Waals surface area contributed by atoms with Gasteiger partial charge >= 0.3 is 0 Å². The van der Waals surface area contributed by atoms with Crippen molar-refractivity contribution in [2.75, 3.05) is 0 Å². The molecule has 0 aliphatic heterocycles.